The number of amides is 1. The van der Waals surface area contributed by atoms with Crippen LogP contribution in [0.3, 0.4) is 0 Å². The van der Waals surface area contributed by atoms with Crippen molar-refractivity contribution in [2.24, 2.45) is 0 Å². The van der Waals surface area contributed by atoms with E-state index in [4.69, 9.17) is 16.1 Å². The monoisotopic (exact) mass is 490 g/mol. The molecule has 5 rings (SSSR count). The van der Waals surface area contributed by atoms with Gasteiger partial charge in [0.15, 0.2) is 5.69 Å². The highest BCUT2D eigenvalue weighted by Gasteiger charge is 2.24. The Balaban J connectivity index is 1.08. The Morgan fingerprint density at radius 1 is 1.03 bits per heavy atom. The molecule has 1 aliphatic rings. The summed E-state index contributed by atoms with van der Waals surface area (Å²) >= 11 is 6.25. The summed E-state index contributed by atoms with van der Waals surface area (Å²) in [6.07, 6.45) is 3.43. The van der Waals surface area contributed by atoms with E-state index in [1.807, 2.05) is 47.4 Å². The zero-order chi connectivity index (χ0) is 24.2. The number of carbonyl (C=O) groups excluding carboxylic acids is 1. The fourth-order valence-corrected chi connectivity index (χ4v) is 4.40. The SMILES string of the molecule is Cc1ccc(-c2noc(CCCN3CCN(C(=O)c4ccn(-c5ccccc5Cl)n4)CC3)n2)cc1. The first-order chi connectivity index (χ1) is 17.1. The third-order valence-corrected chi connectivity index (χ3v) is 6.53. The average molecular weight is 491 g/mol. The second kappa shape index (κ2) is 10.4. The fourth-order valence-electron chi connectivity index (χ4n) is 4.18. The highest BCUT2D eigenvalue weighted by molar-refractivity contribution is 6.32. The molecule has 0 unspecified atom stereocenters. The number of nitrogens with zero attached hydrogens (tertiary/aromatic N) is 6. The van der Waals surface area contributed by atoms with Gasteiger partial charge in [-0.3, -0.25) is 9.69 Å². The second-order valence-corrected chi connectivity index (χ2v) is 9.12. The lowest BCUT2D eigenvalue weighted by molar-refractivity contribution is 0.0629. The van der Waals surface area contributed by atoms with Crippen molar-refractivity contribution >= 4 is 17.5 Å². The maximum absolute atomic E-state index is 12.9. The zero-order valence-electron chi connectivity index (χ0n) is 19.6. The predicted octanol–water partition coefficient (Wildman–Crippen LogP) is 4.27. The van der Waals surface area contributed by atoms with E-state index in [9.17, 15) is 4.79 Å². The average Bonchev–Trinajstić information content (AvgIpc) is 3.55. The summed E-state index contributed by atoms with van der Waals surface area (Å²) in [7, 11) is 0. The van der Waals surface area contributed by atoms with Gasteiger partial charge < -0.3 is 9.42 Å². The van der Waals surface area contributed by atoms with Crippen molar-refractivity contribution in [3.05, 3.63) is 83.0 Å². The van der Waals surface area contributed by atoms with Gasteiger partial charge in [-0.05, 0) is 38.1 Å². The van der Waals surface area contributed by atoms with Gasteiger partial charge in [-0.25, -0.2) is 4.68 Å². The smallest absolute Gasteiger partial charge is 0.274 e. The molecule has 0 radical (unpaired) electrons. The molecule has 180 valence electrons. The Morgan fingerprint density at radius 2 is 1.80 bits per heavy atom. The molecule has 1 amide bonds. The number of aromatic nitrogens is 4. The lowest BCUT2D eigenvalue weighted by atomic mass is 10.1. The van der Waals surface area contributed by atoms with Crippen LogP contribution in [0, 0.1) is 6.92 Å². The van der Waals surface area contributed by atoms with Crippen molar-refractivity contribution < 1.29 is 9.32 Å². The summed E-state index contributed by atoms with van der Waals surface area (Å²) in [6.45, 7) is 5.99. The summed E-state index contributed by atoms with van der Waals surface area (Å²) in [5.41, 5.74) is 3.35. The van der Waals surface area contributed by atoms with E-state index in [0.717, 1.165) is 43.7 Å². The highest BCUT2D eigenvalue weighted by Crippen LogP contribution is 2.20. The molecule has 0 atom stereocenters. The van der Waals surface area contributed by atoms with Gasteiger partial charge in [0.25, 0.3) is 5.91 Å². The lowest BCUT2D eigenvalue weighted by Crippen LogP contribution is -2.49. The van der Waals surface area contributed by atoms with E-state index in [1.54, 1.807) is 23.0 Å². The topological polar surface area (TPSA) is 80.3 Å². The quantitative estimate of drug-likeness (QED) is 0.385. The molecule has 0 spiro atoms. The van der Waals surface area contributed by atoms with Gasteiger partial charge >= 0.3 is 0 Å². The molecule has 1 fully saturated rings. The first-order valence-electron chi connectivity index (χ1n) is 11.8. The van der Waals surface area contributed by atoms with Crippen LogP contribution in [0.25, 0.3) is 17.1 Å². The number of rotatable bonds is 7. The summed E-state index contributed by atoms with van der Waals surface area (Å²) in [5.74, 6) is 1.23. The number of halogens is 1. The molecule has 0 bridgehead atoms. The van der Waals surface area contributed by atoms with Crippen LogP contribution < -0.4 is 0 Å². The van der Waals surface area contributed by atoms with Crippen LogP contribution in [0.5, 0.6) is 0 Å². The minimum absolute atomic E-state index is 0.0510. The van der Waals surface area contributed by atoms with Gasteiger partial charge in [0.05, 0.1) is 10.7 Å². The standard InChI is InChI=1S/C26H27ClN6O2/c1-19-8-10-20(11-9-19)25-28-24(35-30-25)7-4-13-31-15-17-32(18-16-31)26(34)22-12-14-33(29-22)23-6-3-2-5-21(23)27/h2-3,5-6,8-12,14H,4,7,13,15-18H2,1H3. The lowest BCUT2D eigenvalue weighted by Gasteiger charge is -2.34. The van der Waals surface area contributed by atoms with Crippen molar-refractivity contribution in [2.75, 3.05) is 32.7 Å². The van der Waals surface area contributed by atoms with Crippen LogP contribution in [-0.2, 0) is 6.42 Å². The molecule has 2 aromatic heterocycles. The van der Waals surface area contributed by atoms with E-state index in [0.29, 0.717) is 35.5 Å². The van der Waals surface area contributed by atoms with Crippen molar-refractivity contribution in [3.8, 4) is 17.1 Å². The van der Waals surface area contributed by atoms with Gasteiger partial charge in [0.1, 0.15) is 0 Å². The molecule has 1 saturated heterocycles. The summed E-state index contributed by atoms with van der Waals surface area (Å²) < 4.78 is 7.07. The predicted molar refractivity (Wildman–Crippen MR) is 134 cm³/mol. The van der Waals surface area contributed by atoms with Gasteiger partial charge in [-0.2, -0.15) is 10.1 Å². The number of para-hydroxylation sites is 1. The van der Waals surface area contributed by atoms with E-state index < -0.39 is 0 Å². The summed E-state index contributed by atoms with van der Waals surface area (Å²) in [6, 6.07) is 17.3. The first kappa shape index (κ1) is 23.3. The van der Waals surface area contributed by atoms with E-state index in [2.05, 4.69) is 27.1 Å². The molecule has 0 aliphatic carbocycles. The van der Waals surface area contributed by atoms with Crippen LogP contribution in [0.2, 0.25) is 5.02 Å². The Morgan fingerprint density at radius 3 is 2.57 bits per heavy atom. The molecule has 0 saturated carbocycles. The van der Waals surface area contributed by atoms with Crippen molar-refractivity contribution in [2.45, 2.75) is 19.8 Å². The Bertz CT molecular complexity index is 1290. The molecular weight excluding hydrogens is 464 g/mol. The molecule has 2 aromatic carbocycles. The van der Waals surface area contributed by atoms with Crippen molar-refractivity contribution in [3.63, 3.8) is 0 Å². The van der Waals surface area contributed by atoms with Crippen LogP contribution in [0.15, 0.2) is 65.3 Å². The second-order valence-electron chi connectivity index (χ2n) is 8.71. The Labute approximate surface area is 209 Å². The number of piperazine rings is 1. The third-order valence-electron chi connectivity index (χ3n) is 6.21. The molecule has 0 N–H and O–H groups in total. The summed E-state index contributed by atoms with van der Waals surface area (Å²) in [5, 5.41) is 9.15. The number of hydrogen-bond donors (Lipinski definition) is 0. The molecule has 8 nitrogen and oxygen atoms in total. The number of carbonyl (C=O) groups is 1. The van der Waals surface area contributed by atoms with E-state index in [-0.39, 0.29) is 5.91 Å². The molecule has 3 heterocycles. The van der Waals surface area contributed by atoms with Crippen molar-refractivity contribution in [1.29, 1.82) is 0 Å². The number of aryl methyl sites for hydroxylation is 2. The van der Waals surface area contributed by atoms with Crippen LogP contribution in [0.1, 0.15) is 28.4 Å². The first-order valence-corrected chi connectivity index (χ1v) is 12.2. The zero-order valence-corrected chi connectivity index (χ0v) is 20.4. The molecule has 4 aromatic rings. The largest absolute Gasteiger partial charge is 0.339 e. The van der Waals surface area contributed by atoms with Crippen LogP contribution >= 0.6 is 11.6 Å². The van der Waals surface area contributed by atoms with Gasteiger partial charge in [-0.1, -0.05) is 58.7 Å². The van der Waals surface area contributed by atoms with Crippen LogP contribution in [-0.4, -0.2) is 68.4 Å². The minimum atomic E-state index is -0.0510. The van der Waals surface area contributed by atoms with Gasteiger partial charge in [-0.15, -0.1) is 0 Å². The highest BCUT2D eigenvalue weighted by atomic mass is 35.5. The third kappa shape index (κ3) is 5.44. The molecule has 35 heavy (non-hydrogen) atoms. The van der Waals surface area contributed by atoms with Gasteiger partial charge in [0, 0.05) is 44.4 Å². The minimum Gasteiger partial charge on any atom is -0.339 e. The van der Waals surface area contributed by atoms with Crippen molar-refractivity contribution in [1.82, 2.24) is 29.7 Å². The van der Waals surface area contributed by atoms with Crippen LogP contribution in [0.4, 0.5) is 0 Å². The number of benzene rings is 2. The maximum atomic E-state index is 12.9. The molecule has 9 heteroatoms. The Kier molecular flexibility index (Phi) is 6.92. The van der Waals surface area contributed by atoms with E-state index in [1.165, 1.54) is 5.56 Å². The maximum Gasteiger partial charge on any atom is 0.274 e. The fraction of sp³-hybridized carbons (Fsp3) is 0.308. The molecular formula is C26H27ClN6O2. The van der Waals surface area contributed by atoms with Gasteiger partial charge in [0.2, 0.25) is 11.7 Å². The molecule has 1 aliphatic heterocycles. The normalized spacial score (nSPS) is 14.4. The van der Waals surface area contributed by atoms with E-state index >= 15 is 0 Å². The Hall–Kier alpha value is -3.49. The summed E-state index contributed by atoms with van der Waals surface area (Å²) in [4.78, 5) is 21.7. The number of hydrogen-bond acceptors (Lipinski definition) is 6.